The second-order valence-corrected chi connectivity index (χ2v) is 5.28. The molecule has 1 rings (SSSR count). The number of hydrogen-bond donors (Lipinski definition) is 1. The van der Waals surface area contributed by atoms with E-state index in [0.29, 0.717) is 0 Å². The molecule has 1 N–H and O–H groups in total. The van der Waals surface area contributed by atoms with Crippen LogP contribution in [0.5, 0.6) is 0 Å². The summed E-state index contributed by atoms with van der Waals surface area (Å²) in [6.45, 7) is 3.78. The van der Waals surface area contributed by atoms with Gasteiger partial charge in [0.2, 0.25) is 9.47 Å². The standard InChI is InChI=1S/C10H14ClN3O3S/c1-4-5(2)6(9(16)17-3)12-7(15)8-13-14-10(11)18-8/h5-6H,4H2,1-3H3,(H,12,15). The monoisotopic (exact) mass is 291 g/mol. The van der Waals surface area contributed by atoms with Gasteiger partial charge in [0.25, 0.3) is 5.91 Å². The molecule has 2 unspecified atom stereocenters. The molecule has 1 aromatic rings. The van der Waals surface area contributed by atoms with Crippen LogP contribution in [0, 0.1) is 5.92 Å². The number of nitrogens with zero attached hydrogens (tertiary/aromatic N) is 2. The van der Waals surface area contributed by atoms with E-state index in [1.54, 1.807) is 0 Å². The highest BCUT2D eigenvalue weighted by Gasteiger charge is 2.28. The molecule has 8 heteroatoms. The Balaban J connectivity index is 2.77. The Bertz CT molecular complexity index is 438. The first-order valence-corrected chi connectivity index (χ1v) is 6.56. The van der Waals surface area contributed by atoms with Crippen LogP contribution in [-0.2, 0) is 9.53 Å². The Morgan fingerprint density at radius 1 is 1.50 bits per heavy atom. The van der Waals surface area contributed by atoms with Crippen molar-refractivity contribution in [3.63, 3.8) is 0 Å². The van der Waals surface area contributed by atoms with Crippen molar-refractivity contribution < 1.29 is 14.3 Å². The molecular weight excluding hydrogens is 278 g/mol. The normalized spacial score (nSPS) is 13.8. The lowest BCUT2D eigenvalue weighted by Gasteiger charge is -2.21. The zero-order valence-electron chi connectivity index (χ0n) is 10.3. The predicted molar refractivity (Wildman–Crippen MR) is 67.6 cm³/mol. The molecule has 100 valence electrons. The van der Waals surface area contributed by atoms with Crippen LogP contribution in [0.3, 0.4) is 0 Å². The SMILES string of the molecule is CCC(C)C(NC(=O)c1nnc(Cl)s1)C(=O)OC. The van der Waals surface area contributed by atoms with Crippen LogP contribution in [0.1, 0.15) is 30.1 Å². The summed E-state index contributed by atoms with van der Waals surface area (Å²) < 4.78 is 4.84. The molecule has 1 heterocycles. The van der Waals surface area contributed by atoms with E-state index in [1.807, 2.05) is 13.8 Å². The van der Waals surface area contributed by atoms with Crippen molar-refractivity contribution in [2.45, 2.75) is 26.3 Å². The molecule has 1 aromatic heterocycles. The Morgan fingerprint density at radius 2 is 2.17 bits per heavy atom. The van der Waals surface area contributed by atoms with E-state index in [2.05, 4.69) is 20.3 Å². The number of amides is 1. The Morgan fingerprint density at radius 3 is 2.61 bits per heavy atom. The molecule has 0 aliphatic rings. The fourth-order valence-corrected chi connectivity index (χ4v) is 2.03. The Hall–Kier alpha value is -1.21. The molecular formula is C10H14ClN3O3S. The number of hydrogen-bond acceptors (Lipinski definition) is 6. The summed E-state index contributed by atoms with van der Waals surface area (Å²) in [5, 5.41) is 9.85. The fourth-order valence-electron chi connectivity index (χ4n) is 1.30. The van der Waals surface area contributed by atoms with Crippen molar-refractivity contribution in [3.8, 4) is 0 Å². The van der Waals surface area contributed by atoms with Gasteiger partial charge in [0.05, 0.1) is 7.11 Å². The molecule has 0 aliphatic carbocycles. The van der Waals surface area contributed by atoms with Gasteiger partial charge in [-0.05, 0) is 17.5 Å². The van der Waals surface area contributed by atoms with Crippen LogP contribution in [0.15, 0.2) is 0 Å². The lowest BCUT2D eigenvalue weighted by Crippen LogP contribution is -2.45. The minimum absolute atomic E-state index is 0.0372. The number of methoxy groups -OCH3 is 1. The number of halogens is 1. The molecule has 0 bridgehead atoms. The zero-order valence-corrected chi connectivity index (χ0v) is 11.8. The second-order valence-electron chi connectivity index (χ2n) is 3.72. The van der Waals surface area contributed by atoms with Crippen LogP contribution < -0.4 is 5.32 Å². The van der Waals surface area contributed by atoms with E-state index in [-0.39, 0.29) is 15.4 Å². The number of esters is 1. The first kappa shape index (κ1) is 14.8. The summed E-state index contributed by atoms with van der Waals surface area (Å²) in [5.41, 5.74) is 0. The van der Waals surface area contributed by atoms with Crippen molar-refractivity contribution in [2.75, 3.05) is 7.11 Å². The van der Waals surface area contributed by atoms with E-state index in [9.17, 15) is 9.59 Å². The number of ether oxygens (including phenoxy) is 1. The summed E-state index contributed by atoms with van der Waals surface area (Å²) in [7, 11) is 1.28. The Kier molecular flexibility index (Phi) is 5.49. The number of nitrogens with one attached hydrogen (secondary N) is 1. The van der Waals surface area contributed by atoms with Gasteiger partial charge in [-0.25, -0.2) is 4.79 Å². The summed E-state index contributed by atoms with van der Waals surface area (Å²) in [5.74, 6) is -0.992. The Labute approximate surface area is 114 Å². The lowest BCUT2D eigenvalue weighted by molar-refractivity contribution is -0.144. The highest BCUT2D eigenvalue weighted by molar-refractivity contribution is 7.17. The van der Waals surface area contributed by atoms with Gasteiger partial charge in [0, 0.05) is 0 Å². The molecule has 0 radical (unpaired) electrons. The van der Waals surface area contributed by atoms with Gasteiger partial charge < -0.3 is 10.1 Å². The molecule has 0 fully saturated rings. The molecule has 1 amide bonds. The van der Waals surface area contributed by atoms with E-state index in [0.717, 1.165) is 17.8 Å². The average Bonchev–Trinajstić information content (AvgIpc) is 2.80. The minimum atomic E-state index is -0.699. The lowest BCUT2D eigenvalue weighted by atomic mass is 9.99. The quantitative estimate of drug-likeness (QED) is 0.832. The van der Waals surface area contributed by atoms with Crippen LogP contribution in [0.2, 0.25) is 4.47 Å². The van der Waals surface area contributed by atoms with E-state index >= 15 is 0 Å². The largest absolute Gasteiger partial charge is 0.467 e. The van der Waals surface area contributed by atoms with E-state index in [1.165, 1.54) is 7.11 Å². The van der Waals surface area contributed by atoms with Crippen molar-refractivity contribution >= 4 is 34.8 Å². The second kappa shape index (κ2) is 6.65. The number of rotatable bonds is 5. The van der Waals surface area contributed by atoms with E-state index < -0.39 is 17.9 Å². The van der Waals surface area contributed by atoms with Gasteiger partial charge >= 0.3 is 5.97 Å². The minimum Gasteiger partial charge on any atom is -0.467 e. The van der Waals surface area contributed by atoms with Gasteiger partial charge in [-0.1, -0.05) is 31.6 Å². The first-order chi connectivity index (χ1) is 8.49. The molecule has 0 saturated carbocycles. The van der Waals surface area contributed by atoms with Gasteiger partial charge in [0.1, 0.15) is 6.04 Å². The molecule has 18 heavy (non-hydrogen) atoms. The van der Waals surface area contributed by atoms with Gasteiger partial charge in [-0.2, -0.15) is 0 Å². The van der Waals surface area contributed by atoms with Crippen molar-refractivity contribution in [1.29, 1.82) is 0 Å². The van der Waals surface area contributed by atoms with E-state index in [4.69, 9.17) is 11.6 Å². The molecule has 0 spiro atoms. The summed E-state index contributed by atoms with van der Waals surface area (Å²) in [6, 6.07) is -0.699. The number of carbonyl (C=O) groups is 2. The van der Waals surface area contributed by atoms with Crippen LogP contribution >= 0.6 is 22.9 Å². The van der Waals surface area contributed by atoms with Gasteiger partial charge in [-0.15, -0.1) is 10.2 Å². The van der Waals surface area contributed by atoms with Gasteiger partial charge in [0.15, 0.2) is 0 Å². The summed E-state index contributed by atoms with van der Waals surface area (Å²) >= 11 is 6.55. The number of carbonyl (C=O) groups excluding carboxylic acids is 2. The zero-order chi connectivity index (χ0) is 13.7. The molecule has 2 atom stereocenters. The number of aromatic nitrogens is 2. The molecule has 0 saturated heterocycles. The maximum absolute atomic E-state index is 11.8. The van der Waals surface area contributed by atoms with Crippen molar-refractivity contribution in [1.82, 2.24) is 15.5 Å². The topological polar surface area (TPSA) is 81.2 Å². The summed E-state index contributed by atoms with van der Waals surface area (Å²) in [4.78, 5) is 23.4. The van der Waals surface area contributed by atoms with Crippen LogP contribution in [0.4, 0.5) is 0 Å². The van der Waals surface area contributed by atoms with Crippen molar-refractivity contribution in [3.05, 3.63) is 9.47 Å². The highest BCUT2D eigenvalue weighted by atomic mass is 35.5. The third kappa shape index (κ3) is 3.64. The van der Waals surface area contributed by atoms with Gasteiger partial charge in [-0.3, -0.25) is 4.79 Å². The molecule has 0 aliphatic heterocycles. The summed E-state index contributed by atoms with van der Waals surface area (Å²) in [6.07, 6.45) is 0.733. The average molecular weight is 292 g/mol. The predicted octanol–water partition coefficient (Wildman–Crippen LogP) is 1.51. The molecule has 6 nitrogen and oxygen atoms in total. The maximum atomic E-state index is 11.8. The van der Waals surface area contributed by atoms with Crippen LogP contribution in [0.25, 0.3) is 0 Å². The fraction of sp³-hybridized carbons (Fsp3) is 0.600. The molecule has 0 aromatic carbocycles. The maximum Gasteiger partial charge on any atom is 0.328 e. The van der Waals surface area contributed by atoms with Crippen LogP contribution in [-0.4, -0.2) is 35.2 Å². The first-order valence-electron chi connectivity index (χ1n) is 5.37. The third-order valence-electron chi connectivity index (χ3n) is 2.55. The third-order valence-corrected chi connectivity index (χ3v) is 3.57. The smallest absolute Gasteiger partial charge is 0.328 e. The highest BCUT2D eigenvalue weighted by Crippen LogP contribution is 2.16. The van der Waals surface area contributed by atoms with Crippen molar-refractivity contribution in [2.24, 2.45) is 5.92 Å².